The van der Waals surface area contributed by atoms with Gasteiger partial charge in [-0.1, -0.05) is 13.0 Å². The van der Waals surface area contributed by atoms with Gasteiger partial charge in [0.05, 0.1) is 0 Å². The molecule has 0 aliphatic carbocycles. The van der Waals surface area contributed by atoms with Crippen LogP contribution in [0.25, 0.3) is 16.7 Å². The van der Waals surface area contributed by atoms with E-state index in [0.29, 0.717) is 0 Å². The van der Waals surface area contributed by atoms with Crippen LogP contribution in [-0.4, -0.2) is 29.5 Å². The van der Waals surface area contributed by atoms with E-state index in [1.807, 2.05) is 0 Å². The maximum atomic E-state index is 5.91. The average molecular weight is 256 g/mol. The van der Waals surface area contributed by atoms with Crippen LogP contribution in [-0.2, 0) is 0 Å². The van der Waals surface area contributed by atoms with Crippen LogP contribution < -0.4 is 0 Å². The minimum absolute atomic E-state index is 0.802. The lowest BCUT2D eigenvalue weighted by Crippen LogP contribution is -2.28. The molecule has 19 heavy (non-hydrogen) atoms. The zero-order valence-electron chi connectivity index (χ0n) is 11.9. The minimum Gasteiger partial charge on any atom is -0.436 e. The summed E-state index contributed by atoms with van der Waals surface area (Å²) in [7, 11) is 0. The van der Waals surface area contributed by atoms with Gasteiger partial charge in [0.15, 0.2) is 5.58 Å². The van der Waals surface area contributed by atoms with Gasteiger partial charge in [-0.3, -0.25) is 4.90 Å². The Labute approximate surface area is 113 Å². The molecule has 0 atom stereocenters. The van der Waals surface area contributed by atoms with Crippen LogP contribution in [0.15, 0.2) is 22.6 Å². The number of fused-ring (bicyclic) bond motifs is 1. The molecule has 0 N–H and O–H groups in total. The van der Waals surface area contributed by atoms with Crippen molar-refractivity contribution in [2.75, 3.05) is 19.6 Å². The molecule has 0 spiro atoms. The first kappa shape index (κ1) is 12.4. The molecule has 0 saturated carbocycles. The molecule has 1 aliphatic heterocycles. The number of oxazole rings is 1. The van der Waals surface area contributed by atoms with Crippen molar-refractivity contribution < 1.29 is 4.42 Å². The van der Waals surface area contributed by atoms with Crippen molar-refractivity contribution in [3.05, 3.63) is 35.2 Å². The first-order valence-electron chi connectivity index (χ1n) is 6.97. The van der Waals surface area contributed by atoms with Crippen LogP contribution in [0.5, 0.6) is 0 Å². The second kappa shape index (κ2) is 4.82. The largest absolute Gasteiger partial charge is 0.436 e. The predicted octanol–water partition coefficient (Wildman–Crippen LogP) is 3.55. The monoisotopic (exact) mass is 256 g/mol. The summed E-state index contributed by atoms with van der Waals surface area (Å²) in [5.41, 5.74) is 5.64. The molecule has 100 valence electrons. The molecule has 3 rings (SSSR count). The van der Waals surface area contributed by atoms with E-state index in [0.717, 1.165) is 43.0 Å². The molecule has 0 radical (unpaired) electrons. The van der Waals surface area contributed by atoms with Crippen molar-refractivity contribution >= 4 is 16.7 Å². The zero-order valence-corrected chi connectivity index (χ0v) is 11.9. The van der Waals surface area contributed by atoms with Crippen LogP contribution in [0.2, 0.25) is 0 Å². The van der Waals surface area contributed by atoms with Crippen LogP contribution in [0, 0.1) is 13.8 Å². The summed E-state index contributed by atoms with van der Waals surface area (Å²) in [6, 6.07) is 4.20. The van der Waals surface area contributed by atoms with E-state index in [2.05, 4.69) is 48.9 Å². The molecular weight excluding hydrogens is 236 g/mol. The minimum atomic E-state index is 0.802. The van der Waals surface area contributed by atoms with Gasteiger partial charge in [-0.2, -0.15) is 0 Å². The van der Waals surface area contributed by atoms with Crippen molar-refractivity contribution in [1.29, 1.82) is 0 Å². The molecular formula is C16H20N2O. The number of hydrogen-bond donors (Lipinski definition) is 0. The lowest BCUT2D eigenvalue weighted by Gasteiger charge is -2.23. The molecule has 1 aliphatic rings. The van der Waals surface area contributed by atoms with Crippen LogP contribution >= 0.6 is 0 Å². The Hall–Kier alpha value is -1.61. The zero-order chi connectivity index (χ0) is 13.4. The first-order chi connectivity index (χ1) is 9.17. The second-order valence-electron chi connectivity index (χ2n) is 5.30. The quantitative estimate of drug-likeness (QED) is 0.822. The Morgan fingerprint density at radius 1 is 1.26 bits per heavy atom. The van der Waals surface area contributed by atoms with Crippen molar-refractivity contribution in [2.45, 2.75) is 27.2 Å². The van der Waals surface area contributed by atoms with E-state index in [1.165, 1.54) is 16.7 Å². The fourth-order valence-electron chi connectivity index (χ4n) is 2.51. The number of hydrogen-bond acceptors (Lipinski definition) is 3. The van der Waals surface area contributed by atoms with Gasteiger partial charge in [-0.25, -0.2) is 4.98 Å². The van der Waals surface area contributed by atoms with Crippen molar-refractivity contribution in [1.82, 2.24) is 9.88 Å². The Morgan fingerprint density at radius 3 is 2.74 bits per heavy atom. The van der Waals surface area contributed by atoms with Gasteiger partial charge in [0.25, 0.3) is 0 Å². The smallest absolute Gasteiger partial charge is 0.222 e. The molecule has 0 saturated heterocycles. The summed E-state index contributed by atoms with van der Waals surface area (Å²) in [6.07, 6.45) is 3.27. The molecule has 2 aromatic rings. The van der Waals surface area contributed by atoms with Crippen LogP contribution in [0.3, 0.4) is 0 Å². The highest BCUT2D eigenvalue weighted by molar-refractivity contribution is 5.77. The lowest BCUT2D eigenvalue weighted by atomic mass is 10.1. The van der Waals surface area contributed by atoms with Crippen LogP contribution in [0.1, 0.15) is 30.4 Å². The Bertz CT molecular complexity index is 600. The SMILES string of the molecule is CCN1CC=C(c2nc3cc(C)c(C)cc3o2)CC1. The molecule has 0 amide bonds. The molecule has 1 aromatic carbocycles. The molecule has 2 heterocycles. The normalized spacial score (nSPS) is 16.9. The standard InChI is InChI=1S/C16H20N2O/c1-4-18-7-5-13(6-8-18)16-17-14-9-11(2)12(3)10-15(14)19-16/h5,9-10H,4,6-8H2,1-3H3. The topological polar surface area (TPSA) is 29.3 Å². The van der Waals surface area contributed by atoms with Gasteiger partial charge < -0.3 is 4.42 Å². The van der Waals surface area contributed by atoms with Gasteiger partial charge in [0, 0.05) is 18.7 Å². The van der Waals surface area contributed by atoms with Crippen LogP contribution in [0.4, 0.5) is 0 Å². The Balaban J connectivity index is 1.96. The lowest BCUT2D eigenvalue weighted by molar-refractivity contribution is 0.317. The van der Waals surface area contributed by atoms with Gasteiger partial charge in [-0.05, 0) is 50.1 Å². The number of likely N-dealkylation sites (N-methyl/N-ethyl adjacent to an activating group) is 1. The van der Waals surface area contributed by atoms with E-state index in [9.17, 15) is 0 Å². The highest BCUT2D eigenvalue weighted by Gasteiger charge is 2.16. The van der Waals surface area contributed by atoms with Crippen molar-refractivity contribution in [3.8, 4) is 0 Å². The molecule has 0 bridgehead atoms. The Morgan fingerprint density at radius 2 is 2.05 bits per heavy atom. The third-order valence-corrected chi connectivity index (χ3v) is 4.02. The molecule has 1 aromatic heterocycles. The van der Waals surface area contributed by atoms with Crippen molar-refractivity contribution in [2.24, 2.45) is 0 Å². The number of nitrogens with zero attached hydrogens (tertiary/aromatic N) is 2. The van der Waals surface area contributed by atoms with E-state index >= 15 is 0 Å². The fourth-order valence-corrected chi connectivity index (χ4v) is 2.51. The van der Waals surface area contributed by atoms with E-state index in [-0.39, 0.29) is 0 Å². The summed E-state index contributed by atoms with van der Waals surface area (Å²) in [4.78, 5) is 7.05. The van der Waals surface area contributed by atoms with Gasteiger partial charge >= 0.3 is 0 Å². The number of benzene rings is 1. The maximum absolute atomic E-state index is 5.91. The highest BCUT2D eigenvalue weighted by atomic mass is 16.3. The molecule has 0 fully saturated rings. The number of rotatable bonds is 2. The summed E-state index contributed by atoms with van der Waals surface area (Å²) in [6.45, 7) is 9.62. The first-order valence-corrected chi connectivity index (χ1v) is 6.97. The molecule has 3 heteroatoms. The maximum Gasteiger partial charge on any atom is 0.222 e. The van der Waals surface area contributed by atoms with E-state index in [1.54, 1.807) is 0 Å². The summed E-state index contributed by atoms with van der Waals surface area (Å²) >= 11 is 0. The fraction of sp³-hybridized carbons (Fsp3) is 0.438. The van der Waals surface area contributed by atoms with E-state index in [4.69, 9.17) is 4.42 Å². The van der Waals surface area contributed by atoms with Gasteiger partial charge in [-0.15, -0.1) is 0 Å². The average Bonchev–Trinajstić information content (AvgIpc) is 2.82. The summed E-state index contributed by atoms with van der Waals surface area (Å²) < 4.78 is 5.91. The third kappa shape index (κ3) is 2.30. The second-order valence-corrected chi connectivity index (χ2v) is 5.30. The number of aromatic nitrogens is 1. The highest BCUT2D eigenvalue weighted by Crippen LogP contribution is 2.27. The predicted molar refractivity (Wildman–Crippen MR) is 78.2 cm³/mol. The molecule has 0 unspecified atom stereocenters. The van der Waals surface area contributed by atoms with E-state index < -0.39 is 0 Å². The summed E-state index contributed by atoms with van der Waals surface area (Å²) in [5.74, 6) is 0.802. The summed E-state index contributed by atoms with van der Waals surface area (Å²) in [5, 5.41) is 0. The Kier molecular flexibility index (Phi) is 3.15. The van der Waals surface area contributed by atoms with Gasteiger partial charge in [0.1, 0.15) is 5.52 Å². The number of aryl methyl sites for hydroxylation is 2. The third-order valence-electron chi connectivity index (χ3n) is 4.02. The van der Waals surface area contributed by atoms with Gasteiger partial charge in [0.2, 0.25) is 5.89 Å². The van der Waals surface area contributed by atoms with Crippen molar-refractivity contribution in [3.63, 3.8) is 0 Å². The molecule has 3 nitrogen and oxygen atoms in total.